The second-order valence-electron chi connectivity index (χ2n) is 14.1. The molecule has 7 aromatic carbocycles. The molecule has 0 spiro atoms. The van der Waals surface area contributed by atoms with E-state index in [0.717, 1.165) is 89.5 Å². The molecule has 0 amide bonds. The fraction of sp³-hybridized carbons (Fsp3) is 0.0377. The number of hydrogen-bond acceptors (Lipinski definition) is 5. The Morgan fingerprint density at radius 1 is 0.328 bits per heavy atom. The molecule has 2 heterocycles. The lowest BCUT2D eigenvalue weighted by molar-refractivity contribution is 1.15. The van der Waals surface area contributed by atoms with Crippen LogP contribution in [0.2, 0.25) is 0 Å². The molecule has 0 aliphatic heterocycles. The average Bonchev–Trinajstić information content (AvgIpc) is 3.30. The Bertz CT molecular complexity index is 2830. The van der Waals surface area contributed by atoms with Crippen LogP contribution in [0, 0.1) is 25.2 Å². The Morgan fingerprint density at radius 3 is 1.02 bits per heavy atom. The van der Waals surface area contributed by atoms with Gasteiger partial charge in [0.1, 0.15) is 0 Å². The smallest absolute Gasteiger partial charge is 0.161 e. The molecule has 0 N–H and O–H groups in total. The fourth-order valence-corrected chi connectivity index (χ4v) is 7.75. The zero-order chi connectivity index (χ0) is 39.4. The van der Waals surface area contributed by atoms with Gasteiger partial charge in [-0.1, -0.05) is 182 Å². The zero-order valence-electron chi connectivity index (χ0n) is 32.1. The number of aromatic nitrogens is 4. The molecule has 0 bridgehead atoms. The van der Waals surface area contributed by atoms with E-state index in [4.69, 9.17) is 19.9 Å². The number of nitriles is 1. The van der Waals surface area contributed by atoms with E-state index in [0.29, 0.717) is 17.2 Å². The molecule has 5 heteroatoms. The molecule has 0 aliphatic carbocycles. The van der Waals surface area contributed by atoms with Crippen molar-refractivity contribution in [1.82, 2.24) is 19.9 Å². The van der Waals surface area contributed by atoms with Crippen molar-refractivity contribution in [3.63, 3.8) is 0 Å². The van der Waals surface area contributed by atoms with Gasteiger partial charge in [-0.15, -0.1) is 0 Å². The topological polar surface area (TPSA) is 75.3 Å². The van der Waals surface area contributed by atoms with E-state index in [2.05, 4.69) is 98.8 Å². The highest BCUT2D eigenvalue weighted by Gasteiger charge is 2.23. The second-order valence-corrected chi connectivity index (χ2v) is 14.1. The highest BCUT2D eigenvalue weighted by molar-refractivity contribution is 5.97. The van der Waals surface area contributed by atoms with Gasteiger partial charge in [-0.3, -0.25) is 0 Å². The van der Waals surface area contributed by atoms with Gasteiger partial charge in [0.2, 0.25) is 0 Å². The summed E-state index contributed by atoms with van der Waals surface area (Å²) in [6.45, 7) is 4.17. The van der Waals surface area contributed by atoms with E-state index >= 15 is 0 Å². The van der Waals surface area contributed by atoms with Gasteiger partial charge in [0.15, 0.2) is 11.6 Å². The molecule has 0 radical (unpaired) electrons. The van der Waals surface area contributed by atoms with Crippen LogP contribution < -0.4 is 0 Å². The first kappa shape index (κ1) is 35.9. The van der Waals surface area contributed by atoms with E-state index < -0.39 is 0 Å². The lowest BCUT2D eigenvalue weighted by Crippen LogP contribution is -2.03. The van der Waals surface area contributed by atoms with Crippen molar-refractivity contribution < 1.29 is 0 Å². The lowest BCUT2D eigenvalue weighted by Gasteiger charge is -2.19. The predicted molar refractivity (Wildman–Crippen MR) is 235 cm³/mol. The fourth-order valence-electron chi connectivity index (χ4n) is 7.75. The standard InChI is InChI=1S/C53H37N5/c1-35-48(37-20-7-3-8-21-37)55-52(56-49(35)38-22-9-4-10-23-38)45-31-17-15-29-42(45)43-33-19-28-41(34-54)47(43)44-30-16-18-32-46(44)53-57-50(39-24-11-5-12-25-39)36(2)51(58-53)40-26-13-6-14-27-40/h3-33H,1-2H3. The highest BCUT2D eigenvalue weighted by Crippen LogP contribution is 2.44. The Balaban J connectivity index is 1.28. The van der Waals surface area contributed by atoms with E-state index in [9.17, 15) is 5.26 Å². The summed E-state index contributed by atoms with van der Waals surface area (Å²) in [5, 5.41) is 10.8. The molecule has 0 atom stereocenters. The first-order chi connectivity index (χ1) is 28.6. The largest absolute Gasteiger partial charge is 0.228 e. The Hall–Kier alpha value is -7.81. The molecule has 9 aromatic rings. The van der Waals surface area contributed by atoms with Crippen LogP contribution in [0.4, 0.5) is 0 Å². The van der Waals surface area contributed by atoms with Crippen LogP contribution in [0.25, 0.3) is 90.1 Å². The minimum atomic E-state index is 0.540. The van der Waals surface area contributed by atoms with Gasteiger partial charge in [-0.25, -0.2) is 19.9 Å². The van der Waals surface area contributed by atoms with E-state index in [-0.39, 0.29) is 0 Å². The van der Waals surface area contributed by atoms with Crippen LogP contribution in [0.3, 0.4) is 0 Å². The number of rotatable bonds is 8. The van der Waals surface area contributed by atoms with Crippen molar-refractivity contribution in [2.75, 3.05) is 0 Å². The first-order valence-electron chi connectivity index (χ1n) is 19.3. The number of nitrogens with zero attached hydrogens (tertiary/aromatic N) is 5. The molecule has 0 aliphatic rings. The quantitative estimate of drug-likeness (QED) is 0.155. The van der Waals surface area contributed by atoms with Crippen LogP contribution in [0.1, 0.15) is 16.7 Å². The molecule has 2 aromatic heterocycles. The monoisotopic (exact) mass is 743 g/mol. The van der Waals surface area contributed by atoms with Crippen molar-refractivity contribution >= 4 is 0 Å². The molecular formula is C53H37N5. The third kappa shape index (κ3) is 6.74. The van der Waals surface area contributed by atoms with Gasteiger partial charge in [-0.05, 0) is 36.6 Å². The minimum absolute atomic E-state index is 0.540. The number of benzene rings is 7. The lowest BCUT2D eigenvalue weighted by atomic mass is 9.86. The third-order valence-corrected chi connectivity index (χ3v) is 10.6. The molecule has 58 heavy (non-hydrogen) atoms. The maximum atomic E-state index is 10.8. The molecular weight excluding hydrogens is 707 g/mol. The summed E-state index contributed by atoms with van der Waals surface area (Å²) in [5.41, 5.74) is 15.2. The number of hydrogen-bond donors (Lipinski definition) is 0. The van der Waals surface area contributed by atoms with E-state index in [1.165, 1.54) is 0 Å². The maximum Gasteiger partial charge on any atom is 0.161 e. The molecule has 0 fully saturated rings. The Kier molecular flexibility index (Phi) is 9.73. The van der Waals surface area contributed by atoms with Gasteiger partial charge in [-0.2, -0.15) is 5.26 Å². The summed E-state index contributed by atoms with van der Waals surface area (Å²) < 4.78 is 0. The van der Waals surface area contributed by atoms with E-state index in [1.807, 2.05) is 109 Å². The molecule has 0 unspecified atom stereocenters. The third-order valence-electron chi connectivity index (χ3n) is 10.6. The summed E-state index contributed by atoms with van der Waals surface area (Å²) in [6.07, 6.45) is 0. The maximum absolute atomic E-state index is 10.8. The normalized spacial score (nSPS) is 10.9. The van der Waals surface area contributed by atoms with Gasteiger partial charge in [0.25, 0.3) is 0 Å². The van der Waals surface area contributed by atoms with Crippen molar-refractivity contribution in [1.29, 1.82) is 5.26 Å². The van der Waals surface area contributed by atoms with Gasteiger partial charge >= 0.3 is 0 Å². The highest BCUT2D eigenvalue weighted by atomic mass is 14.9. The van der Waals surface area contributed by atoms with E-state index in [1.54, 1.807) is 0 Å². The van der Waals surface area contributed by atoms with Gasteiger partial charge < -0.3 is 0 Å². The van der Waals surface area contributed by atoms with Gasteiger partial charge in [0.05, 0.1) is 34.4 Å². The van der Waals surface area contributed by atoms with Crippen LogP contribution in [-0.2, 0) is 0 Å². The predicted octanol–water partition coefficient (Wildman–Crippen LogP) is 13.1. The van der Waals surface area contributed by atoms with Crippen molar-refractivity contribution in [3.05, 3.63) is 205 Å². The summed E-state index contributed by atoms with van der Waals surface area (Å²) in [6, 6.07) is 65.8. The molecule has 0 saturated carbocycles. The van der Waals surface area contributed by atoms with Crippen LogP contribution in [-0.4, -0.2) is 19.9 Å². The summed E-state index contributed by atoms with van der Waals surface area (Å²) in [4.78, 5) is 21.1. The second kappa shape index (κ2) is 15.7. The van der Waals surface area contributed by atoms with Crippen LogP contribution in [0.15, 0.2) is 188 Å². The van der Waals surface area contributed by atoms with Crippen molar-refractivity contribution in [3.8, 4) is 96.1 Å². The SMILES string of the molecule is Cc1c(-c2ccccc2)nc(-c2ccccc2-c2cccc(C#N)c2-c2ccccc2-c2nc(-c3ccccc3)c(C)c(-c3ccccc3)n2)nc1-c1ccccc1. The van der Waals surface area contributed by atoms with Crippen LogP contribution in [0.5, 0.6) is 0 Å². The van der Waals surface area contributed by atoms with Crippen molar-refractivity contribution in [2.45, 2.75) is 13.8 Å². The minimum Gasteiger partial charge on any atom is -0.228 e. The first-order valence-corrected chi connectivity index (χ1v) is 19.3. The Morgan fingerprint density at radius 2 is 0.638 bits per heavy atom. The summed E-state index contributed by atoms with van der Waals surface area (Å²) in [5.74, 6) is 1.18. The summed E-state index contributed by atoms with van der Waals surface area (Å²) in [7, 11) is 0. The molecule has 0 saturated heterocycles. The molecule has 274 valence electrons. The zero-order valence-corrected chi connectivity index (χ0v) is 32.1. The molecule has 5 nitrogen and oxygen atoms in total. The van der Waals surface area contributed by atoms with Gasteiger partial charge in [0, 0.05) is 50.1 Å². The van der Waals surface area contributed by atoms with Crippen LogP contribution >= 0.6 is 0 Å². The summed E-state index contributed by atoms with van der Waals surface area (Å²) >= 11 is 0. The van der Waals surface area contributed by atoms with Crippen molar-refractivity contribution in [2.24, 2.45) is 0 Å². The molecule has 9 rings (SSSR count). The average molecular weight is 744 g/mol. The Labute approximate surface area is 338 Å².